The standard InChI is InChI=1S/C33H55N7O13S/c41-27(4-2-1-3-25-30-24(21-54-25)36-32(46)37-30)34-5-7-48-9-11-50-13-15-52-17-18-53-16-14-51-12-10-49-8-6-40-20-26(38-39-40)33(47)22-35-29(31(44)45)23(33)19-28(42)43/h20,23-25,29-30,35,47H,1-19,21-22H2,(H,34,41)(H,42,43)(H,44,45)(H2,36,37,46)/t23-,24+,25+,29+,30+,33-/m1/s1. The van der Waals surface area contributed by atoms with Crippen LogP contribution in [0, 0.1) is 5.92 Å². The molecule has 306 valence electrons. The summed E-state index contributed by atoms with van der Waals surface area (Å²) in [5.74, 6) is -2.61. The lowest BCUT2D eigenvalue weighted by molar-refractivity contribution is -0.145. The highest BCUT2D eigenvalue weighted by Crippen LogP contribution is 2.37. The van der Waals surface area contributed by atoms with Crippen molar-refractivity contribution in [2.45, 2.75) is 67.6 Å². The Morgan fingerprint density at radius 1 is 0.889 bits per heavy atom. The number of ether oxygens (including phenoxy) is 6. The van der Waals surface area contributed by atoms with Crippen molar-refractivity contribution in [3.63, 3.8) is 0 Å². The zero-order valence-corrected chi connectivity index (χ0v) is 31.3. The number of fused-ring (bicyclic) bond motifs is 1. The predicted octanol–water partition coefficient (Wildman–Crippen LogP) is -1.45. The zero-order chi connectivity index (χ0) is 38.6. The van der Waals surface area contributed by atoms with Gasteiger partial charge in [0.15, 0.2) is 0 Å². The van der Waals surface area contributed by atoms with Crippen LogP contribution in [0.4, 0.5) is 4.79 Å². The molecule has 3 saturated heterocycles. The van der Waals surface area contributed by atoms with E-state index in [1.807, 2.05) is 11.8 Å². The Morgan fingerprint density at radius 2 is 1.50 bits per heavy atom. The number of carbonyl (C=O) groups excluding carboxylic acids is 2. The van der Waals surface area contributed by atoms with Gasteiger partial charge in [0, 0.05) is 36.4 Å². The van der Waals surface area contributed by atoms with Crippen molar-refractivity contribution in [3.05, 3.63) is 11.9 Å². The first-order chi connectivity index (χ1) is 26.2. The molecule has 3 fully saturated rings. The monoisotopic (exact) mass is 789 g/mol. The van der Waals surface area contributed by atoms with Gasteiger partial charge in [-0.15, -0.1) is 5.10 Å². The van der Waals surface area contributed by atoms with E-state index in [9.17, 15) is 34.5 Å². The lowest BCUT2D eigenvalue weighted by atomic mass is 9.81. The number of β-amino-alcohol motifs (C(OH)–C–C–N with tert-alkyl or cyclic N) is 1. The summed E-state index contributed by atoms with van der Waals surface area (Å²) in [5, 5.41) is 49.5. The molecule has 54 heavy (non-hydrogen) atoms. The molecular formula is C33H55N7O13S. The van der Waals surface area contributed by atoms with Gasteiger partial charge in [-0.05, 0) is 12.8 Å². The number of carboxylic acid groups (broad SMARTS) is 2. The van der Waals surface area contributed by atoms with Crippen molar-refractivity contribution in [1.29, 1.82) is 0 Å². The number of carboxylic acids is 2. The Balaban J connectivity index is 0.854. The molecule has 1 aromatic rings. The molecule has 0 radical (unpaired) electrons. The minimum absolute atomic E-state index is 0.0224. The van der Waals surface area contributed by atoms with E-state index in [0.29, 0.717) is 97.4 Å². The minimum atomic E-state index is -1.78. The first-order valence-corrected chi connectivity index (χ1v) is 19.4. The van der Waals surface area contributed by atoms with Gasteiger partial charge >= 0.3 is 18.0 Å². The highest BCUT2D eigenvalue weighted by molar-refractivity contribution is 8.00. The summed E-state index contributed by atoms with van der Waals surface area (Å²) in [5.41, 5.74) is -1.68. The molecule has 0 aliphatic carbocycles. The number of aliphatic hydroxyl groups is 1. The van der Waals surface area contributed by atoms with E-state index in [-0.39, 0.29) is 42.9 Å². The molecule has 4 heterocycles. The number of unbranched alkanes of at least 4 members (excludes halogenated alkanes) is 1. The van der Waals surface area contributed by atoms with E-state index < -0.39 is 35.9 Å². The summed E-state index contributed by atoms with van der Waals surface area (Å²) < 4.78 is 34.4. The number of hydrogen-bond donors (Lipinski definition) is 7. The summed E-state index contributed by atoms with van der Waals surface area (Å²) in [6.07, 6.45) is 4.19. The largest absolute Gasteiger partial charge is 0.481 e. The summed E-state index contributed by atoms with van der Waals surface area (Å²) in [6.45, 7) is 5.41. The average Bonchev–Trinajstić information content (AvgIpc) is 3.92. The zero-order valence-electron chi connectivity index (χ0n) is 30.5. The lowest BCUT2D eigenvalue weighted by Gasteiger charge is -2.27. The number of carbonyl (C=O) groups is 4. The van der Waals surface area contributed by atoms with Crippen molar-refractivity contribution >= 4 is 35.6 Å². The molecule has 3 amide bonds. The number of thioether (sulfide) groups is 1. The molecule has 3 aliphatic heterocycles. The molecule has 6 atom stereocenters. The van der Waals surface area contributed by atoms with Crippen LogP contribution < -0.4 is 21.3 Å². The van der Waals surface area contributed by atoms with E-state index >= 15 is 0 Å². The Labute approximate surface area is 318 Å². The van der Waals surface area contributed by atoms with E-state index in [1.54, 1.807) is 0 Å². The number of nitrogens with zero attached hydrogens (tertiary/aromatic N) is 3. The highest BCUT2D eigenvalue weighted by Gasteiger charge is 2.53. The predicted molar refractivity (Wildman–Crippen MR) is 191 cm³/mol. The fourth-order valence-electron chi connectivity index (χ4n) is 6.42. The van der Waals surface area contributed by atoms with Crippen LogP contribution in [0.5, 0.6) is 0 Å². The smallest absolute Gasteiger partial charge is 0.321 e. The van der Waals surface area contributed by atoms with Crippen LogP contribution in [0.1, 0.15) is 37.8 Å². The number of aliphatic carboxylic acids is 2. The van der Waals surface area contributed by atoms with Gasteiger partial charge in [0.1, 0.15) is 17.3 Å². The summed E-state index contributed by atoms with van der Waals surface area (Å²) in [7, 11) is 0. The van der Waals surface area contributed by atoms with Crippen LogP contribution in [0.3, 0.4) is 0 Å². The van der Waals surface area contributed by atoms with Crippen molar-refractivity contribution in [1.82, 2.24) is 36.3 Å². The normalized spacial score (nSPS) is 24.7. The van der Waals surface area contributed by atoms with Gasteiger partial charge in [0.2, 0.25) is 5.91 Å². The molecule has 1 aromatic heterocycles. The summed E-state index contributed by atoms with van der Waals surface area (Å²) in [4.78, 5) is 46.3. The molecule has 0 bridgehead atoms. The third-order valence-corrected chi connectivity index (χ3v) is 10.7. The van der Waals surface area contributed by atoms with Gasteiger partial charge in [-0.3, -0.25) is 14.4 Å². The van der Waals surface area contributed by atoms with Crippen LogP contribution in [-0.2, 0) is 55.0 Å². The topological polar surface area (TPSA) is 263 Å². The van der Waals surface area contributed by atoms with E-state index in [0.717, 1.165) is 25.0 Å². The Kier molecular flexibility index (Phi) is 19.1. The molecule has 4 rings (SSSR count). The Hall–Kier alpha value is -3.15. The Bertz CT molecular complexity index is 1310. The van der Waals surface area contributed by atoms with Gasteiger partial charge in [-0.2, -0.15) is 11.8 Å². The second-order valence-electron chi connectivity index (χ2n) is 13.1. The summed E-state index contributed by atoms with van der Waals surface area (Å²) >= 11 is 1.89. The van der Waals surface area contributed by atoms with Gasteiger partial charge in [0.25, 0.3) is 0 Å². The van der Waals surface area contributed by atoms with E-state index in [4.69, 9.17) is 28.4 Å². The van der Waals surface area contributed by atoms with Crippen LogP contribution in [-0.4, -0.2) is 176 Å². The van der Waals surface area contributed by atoms with Crippen LogP contribution in [0.15, 0.2) is 6.20 Å². The van der Waals surface area contributed by atoms with E-state index in [2.05, 4.69) is 31.6 Å². The number of amides is 3. The van der Waals surface area contributed by atoms with Crippen LogP contribution in [0.2, 0.25) is 0 Å². The van der Waals surface area contributed by atoms with Crippen molar-refractivity contribution < 1.29 is 62.9 Å². The maximum absolute atomic E-state index is 12.0. The SMILES string of the molecule is O=C(O)C[C@@H]1[C@@H](C(=O)O)NC[C@]1(O)c1cn(CCOCCOCCOCCOCCOCCOCCNC(=O)CCCC[C@@H]2SC[C@@H]3NC(=O)N[C@@H]32)nn1. The van der Waals surface area contributed by atoms with Crippen molar-refractivity contribution in [2.24, 2.45) is 5.92 Å². The van der Waals surface area contributed by atoms with Gasteiger partial charge < -0.3 is 65.0 Å². The molecule has 0 aromatic carbocycles. The maximum atomic E-state index is 12.0. The van der Waals surface area contributed by atoms with Crippen molar-refractivity contribution in [2.75, 3.05) is 98.1 Å². The second kappa shape index (κ2) is 23.7. The number of nitrogens with one attached hydrogen (secondary N) is 4. The fraction of sp³-hybridized carbons (Fsp3) is 0.818. The first-order valence-electron chi connectivity index (χ1n) is 18.4. The van der Waals surface area contributed by atoms with Gasteiger partial charge in [-0.1, -0.05) is 11.6 Å². The molecule has 0 saturated carbocycles. The Morgan fingerprint density at radius 3 is 2.11 bits per heavy atom. The highest BCUT2D eigenvalue weighted by atomic mass is 32.2. The van der Waals surface area contributed by atoms with Gasteiger partial charge in [-0.25, -0.2) is 9.48 Å². The number of hydrogen-bond acceptors (Lipinski definition) is 15. The van der Waals surface area contributed by atoms with E-state index in [1.165, 1.54) is 10.9 Å². The average molecular weight is 790 g/mol. The summed E-state index contributed by atoms with van der Waals surface area (Å²) in [6, 6.07) is -0.855. The maximum Gasteiger partial charge on any atom is 0.321 e. The molecule has 0 spiro atoms. The second-order valence-corrected chi connectivity index (χ2v) is 14.4. The third kappa shape index (κ3) is 14.5. The molecule has 7 N–H and O–H groups in total. The van der Waals surface area contributed by atoms with Crippen molar-refractivity contribution in [3.8, 4) is 0 Å². The van der Waals surface area contributed by atoms with Gasteiger partial charge in [0.05, 0.1) is 111 Å². The minimum Gasteiger partial charge on any atom is -0.481 e. The molecule has 0 unspecified atom stereocenters. The molecule has 21 heteroatoms. The number of aromatic nitrogens is 3. The van der Waals surface area contributed by atoms with Crippen LogP contribution >= 0.6 is 11.8 Å². The molecule has 3 aliphatic rings. The quantitative estimate of drug-likeness (QED) is 0.0348. The first kappa shape index (κ1) is 43.6. The number of rotatable bonds is 30. The number of urea groups is 1. The fourth-order valence-corrected chi connectivity index (χ4v) is 7.96. The molecule has 20 nitrogen and oxygen atoms in total. The van der Waals surface area contributed by atoms with Crippen LogP contribution in [0.25, 0.3) is 0 Å². The lowest BCUT2D eigenvalue weighted by Crippen LogP contribution is -2.41. The molecular weight excluding hydrogens is 734 g/mol. The third-order valence-electron chi connectivity index (χ3n) is 9.22.